The van der Waals surface area contributed by atoms with E-state index >= 15 is 0 Å². The van der Waals surface area contributed by atoms with Crippen LogP contribution in [0.25, 0.3) is 22.3 Å². The number of nitrogens with one attached hydrogen (secondary N) is 2. The summed E-state index contributed by atoms with van der Waals surface area (Å²) < 4.78 is 7.56. The van der Waals surface area contributed by atoms with Crippen molar-refractivity contribution in [1.29, 1.82) is 0 Å². The van der Waals surface area contributed by atoms with Gasteiger partial charge in [-0.2, -0.15) is 5.10 Å². The number of hydrogen-bond donors (Lipinski definition) is 4. The predicted octanol–water partition coefficient (Wildman–Crippen LogP) is 3.35. The van der Waals surface area contributed by atoms with Crippen LogP contribution in [0.5, 0.6) is 5.75 Å². The number of carboxylic acid groups (broad SMARTS) is 1. The molecule has 37 heavy (non-hydrogen) atoms. The molecule has 0 atom stereocenters. The van der Waals surface area contributed by atoms with Crippen LogP contribution < -0.4 is 21.1 Å². The molecule has 1 aliphatic rings. The number of ether oxygens (including phenoxy) is 1. The molecule has 1 amide bonds. The molecule has 5 rings (SSSR count). The molecule has 1 saturated heterocycles. The van der Waals surface area contributed by atoms with E-state index in [0.717, 1.165) is 49.5 Å². The first-order valence-corrected chi connectivity index (χ1v) is 11.8. The SMILES string of the molecule is CC(=O)O.COc1cc(-c2nn(C3CCNCC3)c3ncnc(N)c23)ccc1NC(=O)c1ccccc1. The maximum absolute atomic E-state index is 12.6. The van der Waals surface area contributed by atoms with Gasteiger partial charge in [-0.25, -0.2) is 14.6 Å². The molecule has 3 heterocycles. The van der Waals surface area contributed by atoms with E-state index in [1.165, 1.54) is 6.33 Å². The fourth-order valence-electron chi connectivity index (χ4n) is 4.23. The number of benzene rings is 2. The van der Waals surface area contributed by atoms with Crippen molar-refractivity contribution in [3.63, 3.8) is 0 Å². The van der Waals surface area contributed by atoms with E-state index in [1.807, 2.05) is 41.1 Å². The zero-order valence-electron chi connectivity index (χ0n) is 20.6. The first-order chi connectivity index (χ1) is 17.9. The van der Waals surface area contributed by atoms with Gasteiger partial charge < -0.3 is 26.2 Å². The molecule has 1 aliphatic heterocycles. The Morgan fingerprint density at radius 2 is 1.84 bits per heavy atom. The standard InChI is InChI=1S/C24H25N7O2.C2H4O2/c1-33-19-13-16(7-8-18(19)29-24(32)15-5-3-2-4-6-15)21-20-22(25)27-14-28-23(20)31(30-21)17-9-11-26-12-10-17;1-2(3)4/h2-8,13-14,17,26H,9-12H2,1H3,(H,29,32)(H2,25,27,28);1H3,(H,3,4). The number of nitrogens with two attached hydrogens (primary N) is 1. The third-order valence-corrected chi connectivity index (χ3v) is 5.93. The van der Waals surface area contributed by atoms with Crippen molar-refractivity contribution in [1.82, 2.24) is 25.1 Å². The summed E-state index contributed by atoms with van der Waals surface area (Å²) in [7, 11) is 1.57. The zero-order chi connectivity index (χ0) is 26.4. The molecule has 1 fully saturated rings. The second kappa shape index (κ2) is 11.5. The number of aliphatic carboxylic acids is 1. The van der Waals surface area contributed by atoms with Gasteiger partial charge in [-0.1, -0.05) is 24.3 Å². The largest absolute Gasteiger partial charge is 0.495 e. The normalized spacial score (nSPS) is 13.5. The highest BCUT2D eigenvalue weighted by molar-refractivity contribution is 6.05. The Morgan fingerprint density at radius 1 is 1.14 bits per heavy atom. The molecule has 0 unspecified atom stereocenters. The second-order valence-electron chi connectivity index (χ2n) is 8.49. The van der Waals surface area contributed by atoms with Crippen LogP contribution >= 0.6 is 0 Å². The van der Waals surface area contributed by atoms with Crippen molar-refractivity contribution in [3.05, 3.63) is 60.4 Å². The Kier molecular flexibility index (Phi) is 7.94. The maximum Gasteiger partial charge on any atom is 0.300 e. The van der Waals surface area contributed by atoms with Crippen molar-refractivity contribution < 1.29 is 19.4 Å². The highest BCUT2D eigenvalue weighted by Crippen LogP contribution is 2.37. The summed E-state index contributed by atoms with van der Waals surface area (Å²) in [5, 5.41) is 19.4. The number of piperidine rings is 1. The monoisotopic (exact) mass is 503 g/mol. The van der Waals surface area contributed by atoms with Crippen molar-refractivity contribution >= 4 is 34.4 Å². The van der Waals surface area contributed by atoms with Crippen molar-refractivity contribution in [2.75, 3.05) is 31.2 Å². The van der Waals surface area contributed by atoms with Crippen LogP contribution in [0.15, 0.2) is 54.9 Å². The minimum absolute atomic E-state index is 0.208. The molecule has 4 aromatic rings. The number of amides is 1. The van der Waals surface area contributed by atoms with Crippen LogP contribution in [0.2, 0.25) is 0 Å². The minimum atomic E-state index is -0.833. The molecule has 2 aromatic heterocycles. The molecule has 0 bridgehead atoms. The Bertz CT molecular complexity index is 1400. The number of fused-ring (bicyclic) bond motifs is 1. The van der Waals surface area contributed by atoms with E-state index in [4.69, 9.17) is 25.5 Å². The van der Waals surface area contributed by atoms with Gasteiger partial charge in [0, 0.05) is 18.1 Å². The predicted molar refractivity (Wildman–Crippen MR) is 141 cm³/mol. The van der Waals surface area contributed by atoms with Crippen LogP contribution in [0.1, 0.15) is 36.2 Å². The van der Waals surface area contributed by atoms with Crippen LogP contribution in [0.3, 0.4) is 0 Å². The number of carboxylic acids is 1. The number of methoxy groups -OCH3 is 1. The lowest BCUT2D eigenvalue weighted by Gasteiger charge is -2.23. The summed E-state index contributed by atoms with van der Waals surface area (Å²) in [4.78, 5) is 30.3. The molecule has 0 saturated carbocycles. The number of aromatic nitrogens is 4. The smallest absolute Gasteiger partial charge is 0.300 e. The van der Waals surface area contributed by atoms with Gasteiger partial charge in [-0.05, 0) is 50.2 Å². The lowest BCUT2D eigenvalue weighted by molar-refractivity contribution is -0.134. The lowest BCUT2D eigenvalue weighted by atomic mass is 10.1. The summed E-state index contributed by atoms with van der Waals surface area (Å²) in [6.07, 6.45) is 3.41. The molecular weight excluding hydrogens is 474 g/mol. The number of nitrogen functional groups attached to an aromatic ring is 1. The molecule has 2 aromatic carbocycles. The summed E-state index contributed by atoms with van der Waals surface area (Å²) in [5.41, 5.74) is 9.63. The van der Waals surface area contributed by atoms with Crippen LogP contribution in [0.4, 0.5) is 11.5 Å². The van der Waals surface area contributed by atoms with Gasteiger partial charge in [0.2, 0.25) is 0 Å². The topological polar surface area (TPSA) is 157 Å². The van der Waals surface area contributed by atoms with Crippen LogP contribution in [-0.2, 0) is 4.79 Å². The zero-order valence-corrected chi connectivity index (χ0v) is 20.6. The Morgan fingerprint density at radius 3 is 2.51 bits per heavy atom. The van der Waals surface area contributed by atoms with Crippen molar-refractivity contribution in [2.45, 2.75) is 25.8 Å². The number of carbonyl (C=O) groups is 2. The van der Waals surface area contributed by atoms with Gasteiger partial charge in [0.25, 0.3) is 11.9 Å². The fraction of sp³-hybridized carbons (Fsp3) is 0.269. The van der Waals surface area contributed by atoms with Gasteiger partial charge in [0.1, 0.15) is 23.6 Å². The van der Waals surface area contributed by atoms with Gasteiger partial charge in [-0.15, -0.1) is 0 Å². The Hall–Kier alpha value is -4.51. The summed E-state index contributed by atoms with van der Waals surface area (Å²) >= 11 is 0. The maximum atomic E-state index is 12.6. The summed E-state index contributed by atoms with van der Waals surface area (Å²) in [6, 6.07) is 14.8. The average Bonchev–Trinajstić information content (AvgIpc) is 3.30. The number of rotatable bonds is 5. The molecule has 0 radical (unpaired) electrons. The summed E-state index contributed by atoms with van der Waals surface area (Å²) in [5.74, 6) is -0.132. The molecule has 0 spiro atoms. The second-order valence-corrected chi connectivity index (χ2v) is 8.49. The average molecular weight is 504 g/mol. The molecule has 5 N–H and O–H groups in total. The van der Waals surface area contributed by atoms with Gasteiger partial charge in [-0.3, -0.25) is 9.59 Å². The number of hydrogen-bond acceptors (Lipinski definition) is 8. The Balaban J connectivity index is 0.000000747. The lowest BCUT2D eigenvalue weighted by Crippen LogP contribution is -2.30. The van der Waals surface area contributed by atoms with Crippen molar-refractivity contribution in [3.8, 4) is 17.0 Å². The highest BCUT2D eigenvalue weighted by Gasteiger charge is 2.24. The fourth-order valence-corrected chi connectivity index (χ4v) is 4.23. The Labute approximate surface area is 213 Å². The quantitative estimate of drug-likeness (QED) is 0.320. The molecule has 0 aliphatic carbocycles. The first-order valence-electron chi connectivity index (χ1n) is 11.8. The number of carbonyl (C=O) groups excluding carboxylic acids is 1. The number of anilines is 2. The van der Waals surface area contributed by atoms with Crippen molar-refractivity contribution in [2.24, 2.45) is 0 Å². The van der Waals surface area contributed by atoms with E-state index < -0.39 is 5.97 Å². The third kappa shape index (κ3) is 5.84. The van der Waals surface area contributed by atoms with Crippen LogP contribution in [0, 0.1) is 0 Å². The highest BCUT2D eigenvalue weighted by atomic mass is 16.5. The van der Waals surface area contributed by atoms with E-state index in [1.54, 1.807) is 19.2 Å². The van der Waals surface area contributed by atoms with E-state index in [0.29, 0.717) is 28.5 Å². The van der Waals surface area contributed by atoms with Crippen LogP contribution in [-0.4, -0.2) is 56.9 Å². The minimum Gasteiger partial charge on any atom is -0.495 e. The molecule has 11 heteroatoms. The van der Waals surface area contributed by atoms with E-state index in [9.17, 15) is 4.79 Å². The van der Waals surface area contributed by atoms with Gasteiger partial charge in [0.05, 0.1) is 24.2 Å². The van der Waals surface area contributed by atoms with Gasteiger partial charge >= 0.3 is 0 Å². The molecule has 11 nitrogen and oxygen atoms in total. The van der Waals surface area contributed by atoms with E-state index in [-0.39, 0.29) is 11.9 Å². The van der Waals surface area contributed by atoms with E-state index in [2.05, 4.69) is 20.6 Å². The molecular formula is C26H29N7O4. The number of nitrogens with zero attached hydrogens (tertiary/aromatic N) is 4. The molecule has 192 valence electrons. The first kappa shape index (κ1) is 25.6. The van der Waals surface area contributed by atoms with Gasteiger partial charge in [0.15, 0.2) is 5.65 Å². The third-order valence-electron chi connectivity index (χ3n) is 5.93. The summed E-state index contributed by atoms with van der Waals surface area (Å²) in [6.45, 7) is 2.96.